The molecule has 0 saturated carbocycles. The first-order chi connectivity index (χ1) is 22.7. The van der Waals surface area contributed by atoms with E-state index in [1.54, 1.807) is 0 Å². The smallest absolute Gasteiger partial charge is 0.164 e. The third kappa shape index (κ3) is 3.85. The number of benzene rings is 7. The van der Waals surface area contributed by atoms with Crippen molar-refractivity contribution in [2.24, 2.45) is 0 Å². The quantitative estimate of drug-likeness (QED) is 0.205. The van der Waals surface area contributed by atoms with Gasteiger partial charge in [0.1, 0.15) is 22.3 Å². The number of nitrogens with zero attached hydrogens (tertiary/aromatic N) is 3. The topological polar surface area (TPSA) is 65.0 Å². The highest BCUT2D eigenvalue weighted by Gasteiger charge is 2.19. The van der Waals surface area contributed by atoms with E-state index in [1.165, 1.54) is 5.39 Å². The minimum atomic E-state index is 0.590. The van der Waals surface area contributed by atoms with Crippen LogP contribution in [0.5, 0.6) is 0 Å². The maximum atomic E-state index is 6.40. The highest BCUT2D eigenvalue weighted by molar-refractivity contribution is 6.15. The summed E-state index contributed by atoms with van der Waals surface area (Å²) in [4.78, 5) is 15.3. The van der Waals surface area contributed by atoms with E-state index in [4.69, 9.17) is 23.8 Å². The molecule has 214 valence electrons. The van der Waals surface area contributed by atoms with Crippen molar-refractivity contribution in [1.82, 2.24) is 15.0 Å². The zero-order valence-corrected chi connectivity index (χ0v) is 24.4. The molecule has 5 nitrogen and oxygen atoms in total. The van der Waals surface area contributed by atoms with Gasteiger partial charge in [-0.05, 0) is 70.1 Å². The lowest BCUT2D eigenvalue weighted by molar-refractivity contribution is 0.668. The lowest BCUT2D eigenvalue weighted by Gasteiger charge is -2.10. The van der Waals surface area contributed by atoms with E-state index < -0.39 is 0 Å². The Kier molecular flexibility index (Phi) is 5.22. The summed E-state index contributed by atoms with van der Waals surface area (Å²) in [7, 11) is 0. The first-order valence-electron chi connectivity index (χ1n) is 15.3. The van der Waals surface area contributed by atoms with Gasteiger partial charge in [-0.2, -0.15) is 0 Å². The lowest BCUT2D eigenvalue weighted by Crippen LogP contribution is -2.00. The second-order valence-electron chi connectivity index (χ2n) is 11.7. The Hall–Kier alpha value is -6.33. The van der Waals surface area contributed by atoms with Gasteiger partial charge in [-0.25, -0.2) is 15.0 Å². The molecule has 0 aliphatic rings. The van der Waals surface area contributed by atoms with Gasteiger partial charge in [0.2, 0.25) is 0 Å². The Morgan fingerprint density at radius 2 is 0.957 bits per heavy atom. The lowest BCUT2D eigenvalue weighted by atomic mass is 10.0. The highest BCUT2D eigenvalue weighted by atomic mass is 16.3. The number of aromatic nitrogens is 3. The number of hydrogen-bond acceptors (Lipinski definition) is 5. The van der Waals surface area contributed by atoms with Gasteiger partial charge in [0, 0.05) is 38.2 Å². The van der Waals surface area contributed by atoms with Crippen LogP contribution in [-0.2, 0) is 0 Å². The fourth-order valence-corrected chi connectivity index (χ4v) is 6.65. The molecule has 0 atom stereocenters. The number of rotatable bonds is 3. The molecule has 10 aromatic rings. The van der Waals surface area contributed by atoms with Crippen LogP contribution >= 0.6 is 0 Å². The Bertz CT molecular complexity index is 2830. The number of para-hydroxylation sites is 1. The van der Waals surface area contributed by atoms with Crippen LogP contribution in [0.15, 0.2) is 148 Å². The normalized spacial score (nSPS) is 11.9. The highest BCUT2D eigenvalue weighted by Crippen LogP contribution is 2.39. The number of fused-ring (bicyclic) bond motifs is 8. The van der Waals surface area contributed by atoms with Crippen LogP contribution < -0.4 is 0 Å². The summed E-state index contributed by atoms with van der Waals surface area (Å²) in [6.07, 6.45) is 0. The maximum absolute atomic E-state index is 6.40. The van der Waals surface area contributed by atoms with Gasteiger partial charge in [0.05, 0.1) is 0 Å². The molecule has 46 heavy (non-hydrogen) atoms. The molecular formula is C41H23N3O2. The average Bonchev–Trinajstić information content (AvgIpc) is 3.67. The van der Waals surface area contributed by atoms with Crippen LogP contribution in [-0.4, -0.2) is 15.0 Å². The summed E-state index contributed by atoms with van der Waals surface area (Å²) in [5.41, 5.74) is 6.02. The second-order valence-corrected chi connectivity index (χ2v) is 11.7. The van der Waals surface area contributed by atoms with Crippen molar-refractivity contribution in [3.05, 3.63) is 140 Å². The summed E-state index contributed by atoms with van der Waals surface area (Å²) in [5.74, 6) is 1.79. The Morgan fingerprint density at radius 1 is 0.348 bits per heavy atom. The fourth-order valence-electron chi connectivity index (χ4n) is 6.65. The van der Waals surface area contributed by atoms with Crippen LogP contribution in [0, 0.1) is 0 Å². The van der Waals surface area contributed by atoms with Crippen molar-refractivity contribution in [2.45, 2.75) is 0 Å². The summed E-state index contributed by atoms with van der Waals surface area (Å²) >= 11 is 0. The van der Waals surface area contributed by atoms with E-state index in [1.807, 2.05) is 48.5 Å². The van der Waals surface area contributed by atoms with Crippen molar-refractivity contribution in [3.8, 4) is 34.2 Å². The molecule has 0 unspecified atom stereocenters. The molecule has 3 heterocycles. The number of furan rings is 2. The molecule has 7 aromatic carbocycles. The SMILES string of the molecule is c1ccc2cc(-c3nc(-c4ccc5oc6ccccc6c5c4)nc(-c4cccc5oc6cc7ccccc7cc6c45)n3)ccc2c1. The molecule has 0 aliphatic heterocycles. The molecule has 5 heteroatoms. The van der Waals surface area contributed by atoms with E-state index in [0.717, 1.165) is 76.7 Å². The zero-order chi connectivity index (χ0) is 30.2. The van der Waals surface area contributed by atoms with Gasteiger partial charge in [-0.15, -0.1) is 0 Å². The molecule has 0 amide bonds. The van der Waals surface area contributed by atoms with Gasteiger partial charge in [0.15, 0.2) is 17.5 Å². The largest absolute Gasteiger partial charge is 0.456 e. The Balaban J connectivity index is 1.24. The van der Waals surface area contributed by atoms with E-state index in [9.17, 15) is 0 Å². The Morgan fingerprint density at radius 3 is 1.80 bits per heavy atom. The van der Waals surface area contributed by atoms with Crippen LogP contribution in [0.3, 0.4) is 0 Å². The van der Waals surface area contributed by atoms with Crippen molar-refractivity contribution in [1.29, 1.82) is 0 Å². The molecule has 0 spiro atoms. The minimum Gasteiger partial charge on any atom is -0.456 e. The minimum absolute atomic E-state index is 0.590. The predicted octanol–water partition coefficient (Wildman–Crippen LogP) is 11.0. The van der Waals surface area contributed by atoms with Crippen LogP contribution in [0.2, 0.25) is 0 Å². The molecule has 0 saturated heterocycles. The summed E-state index contributed by atoms with van der Waals surface area (Å²) < 4.78 is 12.5. The molecule has 0 radical (unpaired) electrons. The van der Waals surface area contributed by atoms with Gasteiger partial charge in [-0.3, -0.25) is 0 Å². The number of hydrogen-bond donors (Lipinski definition) is 0. The summed E-state index contributed by atoms with van der Waals surface area (Å²) in [6.45, 7) is 0. The van der Waals surface area contributed by atoms with E-state index in [-0.39, 0.29) is 0 Å². The van der Waals surface area contributed by atoms with Gasteiger partial charge >= 0.3 is 0 Å². The van der Waals surface area contributed by atoms with Crippen LogP contribution in [0.1, 0.15) is 0 Å². The van der Waals surface area contributed by atoms with Gasteiger partial charge in [-0.1, -0.05) is 91.0 Å². The predicted molar refractivity (Wildman–Crippen MR) is 186 cm³/mol. The molecule has 0 fully saturated rings. The van der Waals surface area contributed by atoms with Crippen molar-refractivity contribution in [2.75, 3.05) is 0 Å². The summed E-state index contributed by atoms with van der Waals surface area (Å²) in [5, 5.41) is 8.69. The molecular weight excluding hydrogens is 566 g/mol. The van der Waals surface area contributed by atoms with Crippen LogP contribution in [0.25, 0.3) is 99.6 Å². The van der Waals surface area contributed by atoms with Crippen molar-refractivity contribution in [3.63, 3.8) is 0 Å². The van der Waals surface area contributed by atoms with E-state index in [0.29, 0.717) is 17.5 Å². The zero-order valence-electron chi connectivity index (χ0n) is 24.4. The third-order valence-corrected chi connectivity index (χ3v) is 8.88. The van der Waals surface area contributed by atoms with Crippen molar-refractivity contribution < 1.29 is 8.83 Å². The molecule has 0 aliphatic carbocycles. The standard InChI is InChI=1S/C41H23N3O2/c1-2-9-25-20-28(17-16-24(25)8-1)39-42-40(29-18-19-35-32(22-29)30-12-5-6-14-34(30)45-35)44-41(43-39)31-13-7-15-36-38(31)33-21-26-10-3-4-11-27(26)23-37(33)46-36/h1-23H. The van der Waals surface area contributed by atoms with Crippen LogP contribution in [0.4, 0.5) is 0 Å². The Labute approximate surface area is 262 Å². The average molecular weight is 590 g/mol. The maximum Gasteiger partial charge on any atom is 0.164 e. The van der Waals surface area contributed by atoms with Crippen molar-refractivity contribution >= 4 is 65.4 Å². The summed E-state index contributed by atoms with van der Waals surface area (Å²) in [6, 6.07) is 47.6. The third-order valence-electron chi connectivity index (χ3n) is 8.88. The molecule has 10 rings (SSSR count). The van der Waals surface area contributed by atoms with E-state index >= 15 is 0 Å². The van der Waals surface area contributed by atoms with Gasteiger partial charge in [0.25, 0.3) is 0 Å². The molecule has 0 bridgehead atoms. The van der Waals surface area contributed by atoms with Gasteiger partial charge < -0.3 is 8.83 Å². The van der Waals surface area contributed by atoms with E-state index in [2.05, 4.69) is 91.0 Å². The monoisotopic (exact) mass is 589 g/mol. The fraction of sp³-hybridized carbons (Fsp3) is 0. The molecule has 3 aromatic heterocycles. The first-order valence-corrected chi connectivity index (χ1v) is 15.3. The second kappa shape index (κ2) is 9.58. The molecule has 0 N–H and O–H groups in total. The first kappa shape index (κ1) is 25.0.